The SMILES string of the molecule is CC(C)C(Nc1ccc(C(=O)O)cc1)c1ccc(-c2nnc(-c3ccccc3)o2)cc1. The molecule has 0 aliphatic rings. The van der Waals surface area contributed by atoms with Gasteiger partial charge in [-0.2, -0.15) is 0 Å². The molecule has 1 heterocycles. The molecule has 0 saturated carbocycles. The van der Waals surface area contributed by atoms with Gasteiger partial charge in [-0.15, -0.1) is 10.2 Å². The lowest BCUT2D eigenvalue weighted by Crippen LogP contribution is -2.16. The van der Waals surface area contributed by atoms with Gasteiger partial charge in [-0.1, -0.05) is 44.2 Å². The van der Waals surface area contributed by atoms with E-state index in [9.17, 15) is 4.79 Å². The number of carbonyl (C=O) groups is 1. The zero-order chi connectivity index (χ0) is 21.8. The number of hydrogen-bond acceptors (Lipinski definition) is 5. The van der Waals surface area contributed by atoms with E-state index in [1.807, 2.05) is 54.6 Å². The smallest absolute Gasteiger partial charge is 0.335 e. The molecule has 0 aliphatic heterocycles. The Hall–Kier alpha value is -3.93. The van der Waals surface area contributed by atoms with Crippen molar-refractivity contribution in [3.8, 4) is 22.9 Å². The van der Waals surface area contributed by atoms with Gasteiger partial charge in [0.05, 0.1) is 11.6 Å². The molecule has 31 heavy (non-hydrogen) atoms. The minimum atomic E-state index is -0.931. The number of aromatic carboxylic acids is 1. The van der Waals surface area contributed by atoms with Crippen LogP contribution in [0.4, 0.5) is 5.69 Å². The molecule has 0 spiro atoms. The average Bonchev–Trinajstić information content (AvgIpc) is 3.29. The summed E-state index contributed by atoms with van der Waals surface area (Å²) in [4.78, 5) is 11.1. The highest BCUT2D eigenvalue weighted by molar-refractivity contribution is 5.88. The van der Waals surface area contributed by atoms with Crippen LogP contribution < -0.4 is 5.32 Å². The maximum absolute atomic E-state index is 11.1. The number of benzene rings is 3. The van der Waals surface area contributed by atoms with Crippen LogP contribution in [0.25, 0.3) is 22.9 Å². The molecule has 6 heteroatoms. The fourth-order valence-corrected chi connectivity index (χ4v) is 3.39. The van der Waals surface area contributed by atoms with Crippen molar-refractivity contribution in [3.63, 3.8) is 0 Å². The van der Waals surface area contributed by atoms with E-state index in [1.54, 1.807) is 24.3 Å². The molecule has 0 fully saturated rings. The molecule has 0 bridgehead atoms. The summed E-state index contributed by atoms with van der Waals surface area (Å²) in [5, 5.41) is 20.9. The molecule has 2 N–H and O–H groups in total. The molecule has 1 unspecified atom stereocenters. The van der Waals surface area contributed by atoms with Gasteiger partial charge in [0.25, 0.3) is 0 Å². The molecular formula is C25H23N3O3. The number of nitrogens with zero attached hydrogens (tertiary/aromatic N) is 2. The van der Waals surface area contributed by atoms with E-state index in [2.05, 4.69) is 29.4 Å². The first-order chi connectivity index (χ1) is 15.0. The Labute approximate surface area is 180 Å². The van der Waals surface area contributed by atoms with Crippen LogP contribution in [-0.4, -0.2) is 21.3 Å². The molecule has 3 aromatic carbocycles. The summed E-state index contributed by atoms with van der Waals surface area (Å²) in [5.41, 5.74) is 3.99. The van der Waals surface area contributed by atoms with Gasteiger partial charge < -0.3 is 14.8 Å². The van der Waals surface area contributed by atoms with Crippen molar-refractivity contribution in [2.45, 2.75) is 19.9 Å². The van der Waals surface area contributed by atoms with Crippen molar-refractivity contribution in [1.29, 1.82) is 0 Å². The lowest BCUT2D eigenvalue weighted by Gasteiger charge is -2.24. The third-order valence-corrected chi connectivity index (χ3v) is 5.08. The zero-order valence-corrected chi connectivity index (χ0v) is 17.3. The fourth-order valence-electron chi connectivity index (χ4n) is 3.39. The van der Waals surface area contributed by atoms with Crippen molar-refractivity contribution in [2.75, 3.05) is 5.32 Å². The minimum Gasteiger partial charge on any atom is -0.478 e. The maximum Gasteiger partial charge on any atom is 0.335 e. The van der Waals surface area contributed by atoms with Crippen LogP contribution in [0, 0.1) is 5.92 Å². The monoisotopic (exact) mass is 413 g/mol. The summed E-state index contributed by atoms with van der Waals surface area (Å²) in [6.07, 6.45) is 0. The molecule has 0 radical (unpaired) electrons. The highest BCUT2D eigenvalue weighted by Gasteiger charge is 2.17. The van der Waals surface area contributed by atoms with Crippen LogP contribution in [0.5, 0.6) is 0 Å². The van der Waals surface area contributed by atoms with E-state index < -0.39 is 5.97 Å². The highest BCUT2D eigenvalue weighted by atomic mass is 16.4. The van der Waals surface area contributed by atoms with Crippen LogP contribution >= 0.6 is 0 Å². The van der Waals surface area contributed by atoms with E-state index in [0.717, 1.165) is 22.4 Å². The predicted octanol–water partition coefficient (Wildman–Crippen LogP) is 5.91. The first kappa shape index (κ1) is 20.3. The second kappa shape index (κ2) is 8.83. The van der Waals surface area contributed by atoms with E-state index in [4.69, 9.17) is 9.52 Å². The highest BCUT2D eigenvalue weighted by Crippen LogP contribution is 2.29. The van der Waals surface area contributed by atoms with Crippen molar-refractivity contribution in [2.24, 2.45) is 5.92 Å². The Morgan fingerprint density at radius 1 is 0.839 bits per heavy atom. The van der Waals surface area contributed by atoms with Crippen LogP contribution in [-0.2, 0) is 0 Å². The number of hydrogen-bond donors (Lipinski definition) is 2. The first-order valence-electron chi connectivity index (χ1n) is 10.1. The van der Waals surface area contributed by atoms with Crippen molar-refractivity contribution in [1.82, 2.24) is 10.2 Å². The van der Waals surface area contributed by atoms with Gasteiger partial charge in [0.2, 0.25) is 11.8 Å². The third kappa shape index (κ3) is 4.64. The van der Waals surface area contributed by atoms with Gasteiger partial charge in [0.15, 0.2) is 0 Å². The van der Waals surface area contributed by atoms with Crippen LogP contribution in [0.1, 0.15) is 35.8 Å². The van der Waals surface area contributed by atoms with Crippen molar-refractivity contribution >= 4 is 11.7 Å². The Bertz CT molecular complexity index is 1150. The number of rotatable bonds is 7. The van der Waals surface area contributed by atoms with Gasteiger partial charge in [-0.25, -0.2) is 4.79 Å². The number of anilines is 1. The van der Waals surface area contributed by atoms with Crippen molar-refractivity contribution in [3.05, 3.63) is 90.0 Å². The number of carboxylic acid groups (broad SMARTS) is 1. The zero-order valence-electron chi connectivity index (χ0n) is 17.3. The molecule has 156 valence electrons. The Morgan fingerprint density at radius 2 is 1.42 bits per heavy atom. The van der Waals surface area contributed by atoms with Gasteiger partial charge in [-0.3, -0.25) is 0 Å². The normalized spacial score (nSPS) is 12.0. The molecule has 4 aromatic rings. The second-order valence-corrected chi connectivity index (χ2v) is 7.65. The summed E-state index contributed by atoms with van der Waals surface area (Å²) in [6, 6.07) is 24.6. The quantitative estimate of drug-likeness (QED) is 0.391. The summed E-state index contributed by atoms with van der Waals surface area (Å²) in [6.45, 7) is 4.28. The van der Waals surface area contributed by atoms with Gasteiger partial charge in [0, 0.05) is 16.8 Å². The molecular weight excluding hydrogens is 390 g/mol. The average molecular weight is 413 g/mol. The fraction of sp³-hybridized carbons (Fsp3) is 0.160. The van der Waals surface area contributed by atoms with Gasteiger partial charge in [0.1, 0.15) is 0 Å². The molecule has 0 amide bonds. The van der Waals surface area contributed by atoms with Gasteiger partial charge >= 0.3 is 5.97 Å². The van der Waals surface area contributed by atoms with Crippen LogP contribution in [0.3, 0.4) is 0 Å². The maximum atomic E-state index is 11.1. The molecule has 0 saturated heterocycles. The van der Waals surface area contributed by atoms with Crippen LogP contribution in [0.15, 0.2) is 83.3 Å². The van der Waals surface area contributed by atoms with Gasteiger partial charge in [-0.05, 0) is 60.0 Å². The van der Waals surface area contributed by atoms with Crippen molar-refractivity contribution < 1.29 is 14.3 Å². The topological polar surface area (TPSA) is 88.2 Å². The second-order valence-electron chi connectivity index (χ2n) is 7.65. The molecule has 6 nitrogen and oxygen atoms in total. The third-order valence-electron chi connectivity index (χ3n) is 5.08. The summed E-state index contributed by atoms with van der Waals surface area (Å²) in [5.74, 6) is 0.354. The van der Waals surface area contributed by atoms with Crippen LogP contribution in [0.2, 0.25) is 0 Å². The lowest BCUT2D eigenvalue weighted by atomic mass is 9.94. The molecule has 0 aliphatic carbocycles. The summed E-state index contributed by atoms with van der Waals surface area (Å²) < 4.78 is 5.84. The Balaban J connectivity index is 1.52. The van der Waals surface area contributed by atoms with E-state index in [0.29, 0.717) is 17.7 Å². The molecule has 1 atom stereocenters. The Kier molecular flexibility index (Phi) is 5.80. The largest absolute Gasteiger partial charge is 0.478 e. The standard InChI is InChI=1S/C25H23N3O3/c1-16(2)22(26-21-14-12-20(13-15-21)25(29)30)17-8-10-19(11-9-17)24-28-27-23(31-24)18-6-4-3-5-7-18/h3-16,22,26H,1-2H3,(H,29,30). The first-order valence-corrected chi connectivity index (χ1v) is 10.1. The molecule has 1 aromatic heterocycles. The number of aromatic nitrogens is 2. The van der Waals surface area contributed by atoms with E-state index in [1.165, 1.54) is 0 Å². The van der Waals surface area contributed by atoms with E-state index >= 15 is 0 Å². The molecule has 4 rings (SSSR count). The predicted molar refractivity (Wildman–Crippen MR) is 120 cm³/mol. The van der Waals surface area contributed by atoms with E-state index in [-0.39, 0.29) is 11.6 Å². The number of carboxylic acids is 1. The summed E-state index contributed by atoms with van der Waals surface area (Å²) >= 11 is 0. The minimum absolute atomic E-state index is 0.0623. The summed E-state index contributed by atoms with van der Waals surface area (Å²) in [7, 11) is 0. The lowest BCUT2D eigenvalue weighted by molar-refractivity contribution is 0.0697. The number of nitrogens with one attached hydrogen (secondary N) is 1. The Morgan fingerprint density at radius 3 is 1.97 bits per heavy atom.